The standard InChI is InChI=1S/C51H32N6O2/c58-57(59)38-27-24-33(25-28-38)42-32-36(51-53-49(34-14-4-1-5-15-34)52-50(54-51)35-16-6-2-7-17-35)26-30-45(42)56-44-23-13-11-21-41(44)47-46(56)31-29-40-39-20-10-12-22-43(39)55(48(40)47)37-18-8-3-9-19-37/h1-32H. The monoisotopic (exact) mass is 760 g/mol. The predicted octanol–water partition coefficient (Wildman–Crippen LogP) is 12.6. The van der Waals surface area contributed by atoms with E-state index < -0.39 is 0 Å². The molecule has 0 aliphatic rings. The largest absolute Gasteiger partial charge is 0.309 e. The van der Waals surface area contributed by atoms with Gasteiger partial charge in [-0.2, -0.15) is 0 Å². The van der Waals surface area contributed by atoms with E-state index >= 15 is 0 Å². The summed E-state index contributed by atoms with van der Waals surface area (Å²) in [6.45, 7) is 0. The van der Waals surface area contributed by atoms with Crippen molar-refractivity contribution < 1.29 is 4.92 Å². The molecule has 0 N–H and O–H groups in total. The van der Waals surface area contributed by atoms with E-state index in [0.717, 1.165) is 72.0 Å². The lowest BCUT2D eigenvalue weighted by Crippen LogP contribution is -2.02. The highest BCUT2D eigenvalue weighted by atomic mass is 16.6. The molecule has 0 saturated heterocycles. The molecule has 11 aromatic rings. The molecule has 0 radical (unpaired) electrons. The first kappa shape index (κ1) is 34.1. The number of nitro groups is 1. The van der Waals surface area contributed by atoms with Gasteiger partial charge in [0, 0.05) is 61.6 Å². The SMILES string of the molecule is O=[N+]([O-])c1ccc(-c2cc(-c3nc(-c4ccccc4)nc(-c4ccccc4)n3)ccc2-n2c3ccccc3c3c2ccc2c4ccccc4n(-c4ccccc4)c23)cc1. The lowest BCUT2D eigenvalue weighted by Gasteiger charge is -2.16. The van der Waals surface area contributed by atoms with Crippen LogP contribution in [0.3, 0.4) is 0 Å². The summed E-state index contributed by atoms with van der Waals surface area (Å²) in [5.41, 5.74) is 10.6. The lowest BCUT2D eigenvalue weighted by molar-refractivity contribution is -0.384. The van der Waals surface area contributed by atoms with Crippen LogP contribution in [0.5, 0.6) is 0 Å². The summed E-state index contributed by atoms with van der Waals surface area (Å²) in [7, 11) is 0. The first-order valence-electron chi connectivity index (χ1n) is 19.4. The third kappa shape index (κ3) is 5.65. The van der Waals surface area contributed by atoms with Gasteiger partial charge < -0.3 is 9.13 Å². The van der Waals surface area contributed by atoms with Crippen LogP contribution >= 0.6 is 0 Å². The third-order valence-electron chi connectivity index (χ3n) is 11.1. The van der Waals surface area contributed by atoms with Crippen LogP contribution in [0, 0.1) is 10.1 Å². The van der Waals surface area contributed by atoms with Crippen LogP contribution in [0.15, 0.2) is 194 Å². The van der Waals surface area contributed by atoms with E-state index in [4.69, 9.17) is 15.0 Å². The molecule has 8 heteroatoms. The Morgan fingerprint density at radius 3 is 1.58 bits per heavy atom. The molecule has 3 aromatic heterocycles. The Morgan fingerprint density at radius 1 is 0.424 bits per heavy atom. The number of rotatable bonds is 7. The van der Waals surface area contributed by atoms with Gasteiger partial charge in [0.25, 0.3) is 5.69 Å². The molecule has 0 spiro atoms. The molecule has 278 valence electrons. The first-order valence-corrected chi connectivity index (χ1v) is 19.4. The highest BCUT2D eigenvalue weighted by Gasteiger charge is 2.23. The molecule has 0 aliphatic carbocycles. The number of hydrogen-bond donors (Lipinski definition) is 0. The second-order valence-electron chi connectivity index (χ2n) is 14.5. The van der Waals surface area contributed by atoms with Gasteiger partial charge in [-0.3, -0.25) is 10.1 Å². The van der Waals surface area contributed by atoms with Gasteiger partial charge in [-0.1, -0.05) is 121 Å². The van der Waals surface area contributed by atoms with Crippen molar-refractivity contribution in [2.45, 2.75) is 0 Å². The maximum atomic E-state index is 11.8. The molecule has 59 heavy (non-hydrogen) atoms. The minimum Gasteiger partial charge on any atom is -0.309 e. The van der Waals surface area contributed by atoms with E-state index in [1.807, 2.05) is 78.9 Å². The minimum atomic E-state index is -0.369. The fourth-order valence-corrected chi connectivity index (χ4v) is 8.42. The zero-order valence-electron chi connectivity index (χ0n) is 31.5. The van der Waals surface area contributed by atoms with Crippen molar-refractivity contribution in [3.63, 3.8) is 0 Å². The molecule has 8 aromatic carbocycles. The van der Waals surface area contributed by atoms with Crippen molar-refractivity contribution in [1.29, 1.82) is 0 Å². The van der Waals surface area contributed by atoms with Gasteiger partial charge in [-0.05, 0) is 66.2 Å². The van der Waals surface area contributed by atoms with Gasteiger partial charge in [0.2, 0.25) is 0 Å². The number of nitrogens with zero attached hydrogens (tertiary/aromatic N) is 6. The first-order chi connectivity index (χ1) is 29.1. The Hall–Kier alpha value is -8.23. The molecule has 0 fully saturated rings. The number of aromatic nitrogens is 5. The molecule has 0 aliphatic heterocycles. The molecule has 11 rings (SSSR count). The summed E-state index contributed by atoms with van der Waals surface area (Å²) in [5.74, 6) is 1.65. The fourth-order valence-electron chi connectivity index (χ4n) is 8.42. The van der Waals surface area contributed by atoms with Crippen LogP contribution in [-0.4, -0.2) is 29.0 Å². The van der Waals surface area contributed by atoms with Gasteiger partial charge in [0.05, 0.1) is 32.7 Å². The van der Waals surface area contributed by atoms with Crippen LogP contribution in [0.4, 0.5) is 5.69 Å². The molecule has 0 unspecified atom stereocenters. The third-order valence-corrected chi connectivity index (χ3v) is 11.1. The van der Waals surface area contributed by atoms with Crippen molar-refractivity contribution in [2.24, 2.45) is 0 Å². The fraction of sp³-hybridized carbons (Fsp3) is 0. The number of nitro benzene ring substituents is 1. The lowest BCUT2D eigenvalue weighted by atomic mass is 9.99. The quantitative estimate of drug-likeness (QED) is 0.119. The average molecular weight is 761 g/mol. The molecule has 0 saturated carbocycles. The number of fused-ring (bicyclic) bond motifs is 7. The van der Waals surface area contributed by atoms with Crippen LogP contribution in [0.1, 0.15) is 0 Å². The Morgan fingerprint density at radius 2 is 0.949 bits per heavy atom. The Labute approximate surface area is 338 Å². The van der Waals surface area contributed by atoms with Crippen LogP contribution < -0.4 is 0 Å². The second kappa shape index (κ2) is 13.8. The summed E-state index contributed by atoms with van der Waals surface area (Å²) in [6.07, 6.45) is 0. The van der Waals surface area contributed by atoms with E-state index in [-0.39, 0.29) is 10.6 Å². The molecule has 3 heterocycles. The molecule has 8 nitrogen and oxygen atoms in total. The summed E-state index contributed by atoms with van der Waals surface area (Å²) in [4.78, 5) is 26.4. The normalized spacial score (nSPS) is 11.5. The van der Waals surface area contributed by atoms with E-state index in [0.29, 0.717) is 17.5 Å². The zero-order valence-corrected chi connectivity index (χ0v) is 31.5. The van der Waals surface area contributed by atoms with Gasteiger partial charge >= 0.3 is 0 Å². The summed E-state index contributed by atoms with van der Waals surface area (Å²) < 4.78 is 4.69. The van der Waals surface area contributed by atoms with Gasteiger partial charge in [0.1, 0.15) is 0 Å². The molecule has 0 amide bonds. The number of non-ortho nitro benzene ring substituents is 1. The maximum Gasteiger partial charge on any atom is 0.269 e. The smallest absolute Gasteiger partial charge is 0.269 e. The van der Waals surface area contributed by atoms with Crippen molar-refractivity contribution in [2.75, 3.05) is 0 Å². The molecule has 0 bridgehead atoms. The van der Waals surface area contributed by atoms with Crippen molar-refractivity contribution in [1.82, 2.24) is 24.1 Å². The topological polar surface area (TPSA) is 91.7 Å². The van der Waals surface area contributed by atoms with E-state index in [2.05, 4.69) is 112 Å². The number of para-hydroxylation sites is 3. The van der Waals surface area contributed by atoms with Crippen LogP contribution in [0.2, 0.25) is 0 Å². The Balaban J connectivity index is 1.20. The van der Waals surface area contributed by atoms with Crippen LogP contribution in [0.25, 0.3) is 100 Å². The highest BCUT2D eigenvalue weighted by molar-refractivity contribution is 6.26. The summed E-state index contributed by atoms with van der Waals surface area (Å²) >= 11 is 0. The van der Waals surface area contributed by atoms with E-state index in [9.17, 15) is 10.1 Å². The van der Waals surface area contributed by atoms with Crippen LogP contribution in [-0.2, 0) is 0 Å². The van der Waals surface area contributed by atoms with E-state index in [1.54, 1.807) is 12.1 Å². The van der Waals surface area contributed by atoms with Gasteiger partial charge in [-0.15, -0.1) is 0 Å². The molecular weight excluding hydrogens is 729 g/mol. The average Bonchev–Trinajstić information content (AvgIpc) is 3.82. The minimum absolute atomic E-state index is 0.0249. The molecular formula is C51H32N6O2. The predicted molar refractivity (Wildman–Crippen MR) is 237 cm³/mol. The maximum absolute atomic E-state index is 11.8. The van der Waals surface area contributed by atoms with Gasteiger partial charge in [-0.25, -0.2) is 15.0 Å². The number of benzene rings is 8. The Bertz CT molecular complexity index is 3340. The van der Waals surface area contributed by atoms with Gasteiger partial charge in [0.15, 0.2) is 17.5 Å². The van der Waals surface area contributed by atoms with Crippen molar-refractivity contribution >= 4 is 49.3 Å². The summed E-state index contributed by atoms with van der Waals surface area (Å²) in [6, 6.07) is 64.9. The van der Waals surface area contributed by atoms with E-state index in [1.165, 1.54) is 10.8 Å². The Kier molecular flexibility index (Phi) is 7.94. The van der Waals surface area contributed by atoms with Crippen molar-refractivity contribution in [3.8, 4) is 56.7 Å². The molecule has 0 atom stereocenters. The zero-order chi connectivity index (χ0) is 39.5. The second-order valence-corrected chi connectivity index (χ2v) is 14.5. The highest BCUT2D eigenvalue weighted by Crippen LogP contribution is 2.44. The number of hydrogen-bond acceptors (Lipinski definition) is 5. The van der Waals surface area contributed by atoms with Crippen molar-refractivity contribution in [3.05, 3.63) is 204 Å². The summed E-state index contributed by atoms with van der Waals surface area (Å²) in [5, 5.41) is 16.4.